The number of hydrogen-bond acceptors (Lipinski definition) is 5. The van der Waals surface area contributed by atoms with Crippen LogP contribution in [0.5, 0.6) is 0 Å². The third kappa shape index (κ3) is 6.40. The molecule has 0 spiro atoms. The second kappa shape index (κ2) is 13.6. The maximum atomic E-state index is 7.32. The highest BCUT2D eigenvalue weighted by molar-refractivity contribution is 5.76. The minimum Gasteiger partial charge on any atom is -0.238 e. The molecule has 0 amide bonds. The summed E-state index contributed by atoms with van der Waals surface area (Å²) in [6.45, 7) is 7.32. The Morgan fingerprint density at radius 2 is 0.680 bits per heavy atom. The van der Waals surface area contributed by atoms with Gasteiger partial charge >= 0.3 is 0 Å². The van der Waals surface area contributed by atoms with Gasteiger partial charge in [0.05, 0.1) is 18.0 Å². The first-order valence-corrected chi connectivity index (χ1v) is 16.2. The Labute approximate surface area is 290 Å². The van der Waals surface area contributed by atoms with Crippen molar-refractivity contribution in [2.24, 2.45) is 0 Å². The first-order valence-electron chi connectivity index (χ1n) is 16.2. The van der Waals surface area contributed by atoms with E-state index in [2.05, 4.69) is 59.4 Å². The second-order valence-corrected chi connectivity index (χ2v) is 11.7. The molecule has 0 N–H and O–H groups in total. The van der Waals surface area contributed by atoms with E-state index in [9.17, 15) is 0 Å². The standard InChI is InChI=1S/C44H28N6/c1-45-38-26-24-35(25-27-38)43-48-42(34-16-9-4-10-17-34)49-44(50-43)37-19-11-18-36(28-37)30-20-22-32(23-21-30)40-29-39(31-12-5-2-6-13-31)46-41(47-40)33-14-7-3-8-15-33/h2-29H. The lowest BCUT2D eigenvalue weighted by molar-refractivity contribution is 1.07. The zero-order valence-electron chi connectivity index (χ0n) is 26.8. The van der Waals surface area contributed by atoms with E-state index in [-0.39, 0.29) is 0 Å². The molecule has 0 bridgehead atoms. The van der Waals surface area contributed by atoms with Crippen molar-refractivity contribution < 1.29 is 0 Å². The summed E-state index contributed by atoms with van der Waals surface area (Å²) in [5.74, 6) is 2.40. The van der Waals surface area contributed by atoms with Gasteiger partial charge in [0.2, 0.25) is 0 Å². The fraction of sp³-hybridized carbons (Fsp3) is 0. The van der Waals surface area contributed by atoms with Crippen molar-refractivity contribution in [3.63, 3.8) is 0 Å². The molecular weight excluding hydrogens is 613 g/mol. The van der Waals surface area contributed by atoms with Crippen LogP contribution < -0.4 is 0 Å². The predicted molar refractivity (Wildman–Crippen MR) is 200 cm³/mol. The molecule has 0 saturated carbocycles. The molecule has 50 heavy (non-hydrogen) atoms. The predicted octanol–water partition coefficient (Wildman–Crippen LogP) is 10.9. The van der Waals surface area contributed by atoms with Gasteiger partial charge in [-0.15, -0.1) is 0 Å². The minimum absolute atomic E-state index is 0.551. The third-order valence-electron chi connectivity index (χ3n) is 8.38. The van der Waals surface area contributed by atoms with Crippen LogP contribution in [0.1, 0.15) is 0 Å². The van der Waals surface area contributed by atoms with Gasteiger partial charge in [0.15, 0.2) is 29.0 Å². The molecule has 0 radical (unpaired) electrons. The van der Waals surface area contributed by atoms with Crippen LogP contribution in [0.3, 0.4) is 0 Å². The highest BCUT2D eigenvalue weighted by Crippen LogP contribution is 2.32. The van der Waals surface area contributed by atoms with Crippen LogP contribution in [-0.4, -0.2) is 24.9 Å². The molecule has 8 aromatic rings. The molecule has 2 aromatic heterocycles. The number of rotatable bonds is 7. The number of nitrogens with zero attached hydrogens (tertiary/aromatic N) is 6. The van der Waals surface area contributed by atoms with Gasteiger partial charge in [0.25, 0.3) is 0 Å². The number of hydrogen-bond donors (Lipinski definition) is 0. The Morgan fingerprint density at radius 1 is 0.300 bits per heavy atom. The van der Waals surface area contributed by atoms with Crippen molar-refractivity contribution in [2.75, 3.05) is 0 Å². The van der Waals surface area contributed by atoms with Gasteiger partial charge in [0.1, 0.15) is 0 Å². The van der Waals surface area contributed by atoms with Crippen LogP contribution in [0, 0.1) is 6.57 Å². The monoisotopic (exact) mass is 640 g/mol. The Morgan fingerprint density at radius 3 is 1.22 bits per heavy atom. The normalized spacial score (nSPS) is 10.8. The van der Waals surface area contributed by atoms with Crippen LogP contribution in [0.2, 0.25) is 0 Å². The lowest BCUT2D eigenvalue weighted by Gasteiger charge is -2.11. The Kier molecular flexibility index (Phi) is 8.20. The van der Waals surface area contributed by atoms with Crippen LogP contribution in [0.15, 0.2) is 170 Å². The molecule has 0 unspecified atom stereocenters. The average Bonchev–Trinajstić information content (AvgIpc) is 3.21. The van der Waals surface area contributed by atoms with Crippen molar-refractivity contribution in [3.8, 4) is 79.2 Å². The molecule has 234 valence electrons. The summed E-state index contributed by atoms with van der Waals surface area (Å²) in [6.07, 6.45) is 0. The summed E-state index contributed by atoms with van der Waals surface area (Å²) in [5.41, 5.74) is 10.0. The van der Waals surface area contributed by atoms with Crippen LogP contribution in [-0.2, 0) is 0 Å². The van der Waals surface area contributed by atoms with Gasteiger partial charge in [-0.1, -0.05) is 158 Å². The molecule has 0 aliphatic rings. The van der Waals surface area contributed by atoms with E-state index in [1.807, 2.05) is 103 Å². The van der Waals surface area contributed by atoms with Crippen molar-refractivity contribution in [3.05, 3.63) is 181 Å². The van der Waals surface area contributed by atoms with Gasteiger partial charge in [-0.05, 0) is 23.3 Å². The van der Waals surface area contributed by atoms with E-state index in [1.165, 1.54) is 0 Å². The topological polar surface area (TPSA) is 68.8 Å². The molecule has 0 atom stereocenters. The summed E-state index contributed by atoms with van der Waals surface area (Å²) in [4.78, 5) is 28.0. The summed E-state index contributed by atoms with van der Waals surface area (Å²) in [6, 6.07) is 56.2. The summed E-state index contributed by atoms with van der Waals surface area (Å²) in [7, 11) is 0. The fourth-order valence-electron chi connectivity index (χ4n) is 5.78. The van der Waals surface area contributed by atoms with Gasteiger partial charge in [-0.2, -0.15) is 0 Å². The quantitative estimate of drug-likeness (QED) is 0.162. The molecule has 2 heterocycles. The van der Waals surface area contributed by atoms with E-state index in [4.69, 9.17) is 31.5 Å². The highest BCUT2D eigenvalue weighted by atomic mass is 15.0. The smallest absolute Gasteiger partial charge is 0.187 e. The number of aromatic nitrogens is 5. The molecule has 8 rings (SSSR count). The maximum absolute atomic E-state index is 7.32. The summed E-state index contributed by atoms with van der Waals surface area (Å²) >= 11 is 0. The van der Waals surface area contributed by atoms with Crippen molar-refractivity contribution in [1.29, 1.82) is 0 Å². The van der Waals surface area contributed by atoms with Crippen molar-refractivity contribution in [2.45, 2.75) is 0 Å². The van der Waals surface area contributed by atoms with E-state index in [1.54, 1.807) is 12.1 Å². The van der Waals surface area contributed by atoms with Gasteiger partial charge in [-0.3, -0.25) is 0 Å². The zero-order valence-corrected chi connectivity index (χ0v) is 26.8. The first-order chi connectivity index (χ1) is 24.7. The lowest BCUT2D eigenvalue weighted by Crippen LogP contribution is -2.00. The molecule has 0 aliphatic carbocycles. The number of benzene rings is 6. The minimum atomic E-state index is 0.551. The van der Waals surface area contributed by atoms with Crippen molar-refractivity contribution >= 4 is 5.69 Å². The van der Waals surface area contributed by atoms with Crippen LogP contribution in [0.4, 0.5) is 5.69 Å². The Hall–Kier alpha value is -7.10. The molecule has 6 aromatic carbocycles. The molecule has 6 heteroatoms. The maximum Gasteiger partial charge on any atom is 0.187 e. The highest BCUT2D eigenvalue weighted by Gasteiger charge is 2.14. The van der Waals surface area contributed by atoms with Gasteiger partial charge in [-0.25, -0.2) is 29.8 Å². The molecular formula is C44H28N6. The Bertz CT molecular complexity index is 2400. The summed E-state index contributed by atoms with van der Waals surface area (Å²) in [5, 5.41) is 0. The van der Waals surface area contributed by atoms with Gasteiger partial charge < -0.3 is 0 Å². The second-order valence-electron chi connectivity index (χ2n) is 11.7. The van der Waals surface area contributed by atoms with E-state index in [0.717, 1.165) is 55.9 Å². The van der Waals surface area contributed by atoms with Crippen LogP contribution >= 0.6 is 0 Å². The van der Waals surface area contributed by atoms with Gasteiger partial charge in [0, 0.05) is 33.4 Å². The van der Waals surface area contributed by atoms with E-state index in [0.29, 0.717) is 29.0 Å². The van der Waals surface area contributed by atoms with Crippen molar-refractivity contribution in [1.82, 2.24) is 24.9 Å². The van der Waals surface area contributed by atoms with E-state index >= 15 is 0 Å². The molecule has 6 nitrogen and oxygen atoms in total. The van der Waals surface area contributed by atoms with E-state index < -0.39 is 0 Å². The summed E-state index contributed by atoms with van der Waals surface area (Å²) < 4.78 is 0. The third-order valence-corrected chi connectivity index (χ3v) is 8.38. The zero-order chi connectivity index (χ0) is 33.7. The first kappa shape index (κ1) is 30.2. The van der Waals surface area contributed by atoms with Crippen LogP contribution in [0.25, 0.3) is 84.0 Å². The fourth-order valence-corrected chi connectivity index (χ4v) is 5.78. The SMILES string of the molecule is [C-]#[N+]c1ccc(-c2nc(-c3ccccc3)nc(-c3cccc(-c4ccc(-c5cc(-c6ccccc6)nc(-c6ccccc6)n5)cc4)c3)n2)cc1. The molecule has 0 fully saturated rings. The Balaban J connectivity index is 1.16. The largest absolute Gasteiger partial charge is 0.238 e. The molecule has 0 aliphatic heterocycles. The lowest BCUT2D eigenvalue weighted by atomic mass is 10.00. The molecule has 0 saturated heterocycles. The average molecular weight is 641 g/mol.